The van der Waals surface area contributed by atoms with Crippen molar-refractivity contribution in [1.82, 2.24) is 20.2 Å². The zero-order chi connectivity index (χ0) is 20.4. The molecule has 2 N–H and O–H groups in total. The van der Waals surface area contributed by atoms with Gasteiger partial charge in [-0.3, -0.25) is 4.79 Å². The molecule has 148 valence electrons. The molecule has 29 heavy (non-hydrogen) atoms. The number of fused-ring (bicyclic) bond motifs is 1. The average molecular weight is 392 g/mol. The summed E-state index contributed by atoms with van der Waals surface area (Å²) in [6, 6.07) is 14.4. The van der Waals surface area contributed by atoms with Gasteiger partial charge in [0.2, 0.25) is 5.95 Å². The number of methoxy groups -OCH3 is 2. The van der Waals surface area contributed by atoms with Crippen LogP contribution < -0.4 is 20.1 Å². The molecule has 0 saturated carbocycles. The molecule has 9 heteroatoms. The molecule has 1 unspecified atom stereocenters. The van der Waals surface area contributed by atoms with E-state index < -0.39 is 6.04 Å². The quantitative estimate of drug-likeness (QED) is 0.688. The molecule has 1 amide bonds. The summed E-state index contributed by atoms with van der Waals surface area (Å²) in [4.78, 5) is 13.3. The molecule has 0 aliphatic carbocycles. The largest absolute Gasteiger partial charge is 0.497 e. The Morgan fingerprint density at radius 2 is 1.93 bits per heavy atom. The lowest BCUT2D eigenvalue weighted by Gasteiger charge is -2.28. The summed E-state index contributed by atoms with van der Waals surface area (Å²) >= 11 is 0. The highest BCUT2D eigenvalue weighted by atomic mass is 16.5. The molecule has 1 atom stereocenters. The average Bonchev–Trinajstić information content (AvgIpc) is 3.21. The Hall–Kier alpha value is -3.88. The number of allylic oxidation sites excluding steroid dienone is 1. The van der Waals surface area contributed by atoms with Crippen molar-refractivity contribution in [3.8, 4) is 11.5 Å². The highest BCUT2D eigenvalue weighted by Crippen LogP contribution is 2.36. The molecular weight excluding hydrogens is 372 g/mol. The number of amides is 1. The number of carbonyl (C=O) groups is 1. The molecular formula is C20H20N6O3. The van der Waals surface area contributed by atoms with Gasteiger partial charge in [-0.2, -0.15) is 4.68 Å². The van der Waals surface area contributed by atoms with Crippen molar-refractivity contribution in [2.75, 3.05) is 24.9 Å². The van der Waals surface area contributed by atoms with Crippen molar-refractivity contribution in [3.05, 3.63) is 65.4 Å². The van der Waals surface area contributed by atoms with Crippen LogP contribution in [-0.2, 0) is 4.79 Å². The molecule has 1 aliphatic heterocycles. The number of anilines is 2. The number of hydrogen-bond acceptors (Lipinski definition) is 7. The monoisotopic (exact) mass is 392 g/mol. The Balaban J connectivity index is 1.73. The molecule has 0 saturated heterocycles. The van der Waals surface area contributed by atoms with Crippen LogP contribution in [0, 0.1) is 0 Å². The van der Waals surface area contributed by atoms with E-state index in [1.807, 2.05) is 37.3 Å². The molecule has 0 spiro atoms. The van der Waals surface area contributed by atoms with Crippen molar-refractivity contribution in [2.45, 2.75) is 13.0 Å². The van der Waals surface area contributed by atoms with Gasteiger partial charge in [0.25, 0.3) is 5.91 Å². The lowest BCUT2D eigenvalue weighted by atomic mass is 9.95. The molecule has 0 bridgehead atoms. The van der Waals surface area contributed by atoms with Crippen LogP contribution in [0.5, 0.6) is 11.5 Å². The molecule has 0 radical (unpaired) electrons. The predicted octanol–water partition coefficient (Wildman–Crippen LogP) is 2.62. The summed E-state index contributed by atoms with van der Waals surface area (Å²) in [7, 11) is 3.11. The van der Waals surface area contributed by atoms with Gasteiger partial charge in [0.15, 0.2) is 0 Å². The minimum absolute atomic E-state index is 0.284. The highest BCUT2D eigenvalue weighted by molar-refractivity contribution is 6.06. The van der Waals surface area contributed by atoms with Crippen LogP contribution >= 0.6 is 0 Å². The van der Waals surface area contributed by atoms with E-state index in [0.717, 1.165) is 5.56 Å². The number of hydrogen-bond donors (Lipinski definition) is 2. The van der Waals surface area contributed by atoms with Crippen molar-refractivity contribution in [3.63, 3.8) is 0 Å². The van der Waals surface area contributed by atoms with Gasteiger partial charge in [0, 0.05) is 11.8 Å². The van der Waals surface area contributed by atoms with Gasteiger partial charge in [0.05, 0.1) is 25.5 Å². The highest BCUT2D eigenvalue weighted by Gasteiger charge is 2.34. The molecule has 3 aromatic rings. The van der Waals surface area contributed by atoms with Crippen LogP contribution in [0.25, 0.3) is 0 Å². The number of tetrazole rings is 1. The number of aromatic nitrogens is 4. The summed E-state index contributed by atoms with van der Waals surface area (Å²) in [6.07, 6.45) is 0. The number of carbonyl (C=O) groups excluding carboxylic acids is 1. The Labute approximate surface area is 167 Å². The smallest absolute Gasteiger partial charge is 0.255 e. The van der Waals surface area contributed by atoms with E-state index in [2.05, 4.69) is 26.2 Å². The summed E-state index contributed by atoms with van der Waals surface area (Å²) in [5, 5.41) is 17.9. The third-order valence-corrected chi connectivity index (χ3v) is 4.73. The van der Waals surface area contributed by atoms with Crippen molar-refractivity contribution in [2.24, 2.45) is 0 Å². The number of ether oxygens (including phenoxy) is 2. The third-order valence-electron chi connectivity index (χ3n) is 4.73. The molecule has 2 aromatic carbocycles. The minimum atomic E-state index is -0.466. The normalized spacial score (nSPS) is 15.3. The Morgan fingerprint density at radius 1 is 1.14 bits per heavy atom. The van der Waals surface area contributed by atoms with Crippen LogP contribution in [0.1, 0.15) is 18.5 Å². The second-order valence-corrected chi connectivity index (χ2v) is 6.44. The summed E-state index contributed by atoms with van der Waals surface area (Å²) in [6.45, 7) is 1.83. The fraction of sp³-hybridized carbons (Fsp3) is 0.200. The Morgan fingerprint density at radius 3 is 2.66 bits per heavy atom. The van der Waals surface area contributed by atoms with Gasteiger partial charge in [0.1, 0.15) is 17.5 Å². The van der Waals surface area contributed by atoms with Crippen molar-refractivity contribution in [1.29, 1.82) is 0 Å². The molecule has 1 aromatic heterocycles. The number of benzene rings is 2. The van der Waals surface area contributed by atoms with Gasteiger partial charge in [-0.05, 0) is 35.0 Å². The van der Waals surface area contributed by atoms with E-state index in [9.17, 15) is 4.79 Å². The lowest BCUT2D eigenvalue weighted by molar-refractivity contribution is -0.113. The first kappa shape index (κ1) is 18.5. The van der Waals surface area contributed by atoms with Gasteiger partial charge < -0.3 is 20.1 Å². The molecule has 4 rings (SSSR count). The lowest BCUT2D eigenvalue weighted by Crippen LogP contribution is -2.31. The van der Waals surface area contributed by atoms with Gasteiger partial charge in [-0.25, -0.2) is 0 Å². The van der Waals surface area contributed by atoms with Gasteiger partial charge in [-0.15, -0.1) is 0 Å². The standard InChI is InChI=1S/C20H20N6O3/c1-12-17(19(27)22-15-10-9-14(28-2)11-16(15)29-3)18(13-7-5-4-6-8-13)26-20(21-12)23-24-25-26/h4-11,18H,1-3H3,(H,22,27)(H,21,23,25). The fourth-order valence-electron chi connectivity index (χ4n) is 3.34. The Bertz CT molecular complexity index is 1080. The topological polar surface area (TPSA) is 103 Å². The SMILES string of the molecule is COc1ccc(NC(=O)C2=C(C)Nc3nnnn3C2c2ccccc2)c(OC)c1. The molecule has 9 nitrogen and oxygen atoms in total. The van der Waals surface area contributed by atoms with Crippen LogP contribution in [-0.4, -0.2) is 40.3 Å². The molecule has 2 heterocycles. The van der Waals surface area contributed by atoms with Crippen LogP contribution in [0.3, 0.4) is 0 Å². The first-order chi connectivity index (χ1) is 14.1. The number of nitrogens with zero attached hydrogens (tertiary/aromatic N) is 4. The van der Waals surface area contributed by atoms with Crippen LogP contribution in [0.4, 0.5) is 11.6 Å². The fourth-order valence-corrected chi connectivity index (χ4v) is 3.34. The zero-order valence-electron chi connectivity index (χ0n) is 16.2. The predicted molar refractivity (Wildman–Crippen MR) is 107 cm³/mol. The van der Waals surface area contributed by atoms with Crippen LogP contribution in [0.15, 0.2) is 59.8 Å². The summed E-state index contributed by atoms with van der Waals surface area (Å²) < 4.78 is 12.2. The first-order valence-corrected chi connectivity index (χ1v) is 8.96. The number of rotatable bonds is 5. The first-order valence-electron chi connectivity index (χ1n) is 8.96. The minimum Gasteiger partial charge on any atom is -0.497 e. The van der Waals surface area contributed by atoms with E-state index in [4.69, 9.17) is 9.47 Å². The number of nitrogens with one attached hydrogen (secondary N) is 2. The Kier molecular flexibility index (Phi) is 4.86. The second-order valence-electron chi connectivity index (χ2n) is 6.44. The zero-order valence-corrected chi connectivity index (χ0v) is 16.2. The maximum absolute atomic E-state index is 13.3. The van der Waals surface area contributed by atoms with Crippen molar-refractivity contribution >= 4 is 17.5 Å². The molecule has 0 fully saturated rings. The van der Waals surface area contributed by atoms with E-state index >= 15 is 0 Å². The molecule has 1 aliphatic rings. The maximum Gasteiger partial charge on any atom is 0.255 e. The van der Waals surface area contributed by atoms with Crippen LogP contribution in [0.2, 0.25) is 0 Å². The van der Waals surface area contributed by atoms with Gasteiger partial charge >= 0.3 is 0 Å². The van der Waals surface area contributed by atoms with E-state index in [0.29, 0.717) is 34.4 Å². The van der Waals surface area contributed by atoms with E-state index in [-0.39, 0.29) is 5.91 Å². The summed E-state index contributed by atoms with van der Waals surface area (Å²) in [5.74, 6) is 1.33. The van der Waals surface area contributed by atoms with E-state index in [1.54, 1.807) is 30.0 Å². The maximum atomic E-state index is 13.3. The van der Waals surface area contributed by atoms with Crippen molar-refractivity contribution < 1.29 is 14.3 Å². The third kappa shape index (κ3) is 3.38. The van der Waals surface area contributed by atoms with Gasteiger partial charge in [-0.1, -0.05) is 35.4 Å². The summed E-state index contributed by atoms with van der Waals surface area (Å²) in [5.41, 5.74) is 2.61. The van der Waals surface area contributed by atoms with E-state index in [1.165, 1.54) is 7.11 Å². The second kappa shape index (κ2) is 7.63.